The number of nitrogens with two attached hydrogens (primary N) is 1. The normalized spacial score (nSPS) is 12.2. The highest BCUT2D eigenvalue weighted by atomic mass is 19.1. The van der Waals surface area contributed by atoms with Crippen LogP contribution in [0.3, 0.4) is 0 Å². The first-order valence-corrected chi connectivity index (χ1v) is 6.37. The smallest absolute Gasteiger partial charge is 0.224 e. The van der Waals surface area contributed by atoms with E-state index in [0.717, 1.165) is 12.8 Å². The third-order valence-electron chi connectivity index (χ3n) is 2.99. The zero-order chi connectivity index (χ0) is 13.4. The van der Waals surface area contributed by atoms with Crippen molar-refractivity contribution in [3.8, 4) is 0 Å². The monoisotopic (exact) mass is 252 g/mol. The minimum Gasteiger partial charge on any atom is -0.356 e. The van der Waals surface area contributed by atoms with Gasteiger partial charge >= 0.3 is 0 Å². The van der Waals surface area contributed by atoms with E-state index in [2.05, 4.69) is 12.2 Å². The standard InChI is InChI=1S/C14H21FN2O/c1-2-11(6-7-16)10-17-14(18)9-12-4-3-5-13(15)8-12/h3-5,8,11H,2,6-7,9-10,16H2,1H3,(H,17,18). The lowest BCUT2D eigenvalue weighted by Crippen LogP contribution is -2.31. The molecule has 1 aromatic carbocycles. The highest BCUT2D eigenvalue weighted by Crippen LogP contribution is 2.06. The summed E-state index contributed by atoms with van der Waals surface area (Å²) in [5, 5.41) is 2.87. The molecular formula is C14H21FN2O. The molecular weight excluding hydrogens is 231 g/mol. The molecule has 0 bridgehead atoms. The minimum absolute atomic E-state index is 0.0731. The summed E-state index contributed by atoms with van der Waals surface area (Å²) >= 11 is 0. The molecule has 0 heterocycles. The Morgan fingerprint density at radius 3 is 2.89 bits per heavy atom. The fourth-order valence-electron chi connectivity index (χ4n) is 1.84. The number of amides is 1. The van der Waals surface area contributed by atoms with Gasteiger partial charge in [-0.25, -0.2) is 4.39 Å². The third-order valence-corrected chi connectivity index (χ3v) is 2.99. The molecule has 1 atom stereocenters. The second-order valence-electron chi connectivity index (χ2n) is 4.46. The van der Waals surface area contributed by atoms with Crippen LogP contribution in [0.1, 0.15) is 25.3 Å². The van der Waals surface area contributed by atoms with Crippen molar-refractivity contribution < 1.29 is 9.18 Å². The summed E-state index contributed by atoms with van der Waals surface area (Å²) in [4.78, 5) is 11.7. The van der Waals surface area contributed by atoms with Crippen LogP contribution < -0.4 is 11.1 Å². The quantitative estimate of drug-likeness (QED) is 0.778. The molecule has 1 unspecified atom stereocenters. The van der Waals surface area contributed by atoms with Gasteiger partial charge in [0.15, 0.2) is 0 Å². The maximum Gasteiger partial charge on any atom is 0.224 e. The maximum absolute atomic E-state index is 12.9. The Balaban J connectivity index is 2.37. The lowest BCUT2D eigenvalue weighted by atomic mass is 10.0. The van der Waals surface area contributed by atoms with Gasteiger partial charge in [-0.05, 0) is 36.6 Å². The first-order valence-electron chi connectivity index (χ1n) is 6.37. The predicted molar refractivity (Wildman–Crippen MR) is 70.6 cm³/mol. The van der Waals surface area contributed by atoms with Crippen LogP contribution >= 0.6 is 0 Å². The Hall–Kier alpha value is -1.42. The van der Waals surface area contributed by atoms with Gasteiger partial charge in [0.05, 0.1) is 6.42 Å². The Morgan fingerprint density at radius 1 is 1.50 bits per heavy atom. The Morgan fingerprint density at radius 2 is 2.28 bits per heavy atom. The van der Waals surface area contributed by atoms with Gasteiger partial charge in [0, 0.05) is 6.54 Å². The molecule has 1 rings (SSSR count). The number of nitrogens with one attached hydrogen (secondary N) is 1. The van der Waals surface area contributed by atoms with Crippen LogP contribution in [0.15, 0.2) is 24.3 Å². The number of hydrogen-bond acceptors (Lipinski definition) is 2. The van der Waals surface area contributed by atoms with E-state index < -0.39 is 0 Å². The van der Waals surface area contributed by atoms with Crippen LogP contribution in [-0.2, 0) is 11.2 Å². The summed E-state index contributed by atoms with van der Waals surface area (Å²) in [6, 6.07) is 6.12. The second-order valence-corrected chi connectivity index (χ2v) is 4.46. The van der Waals surface area contributed by atoms with E-state index in [-0.39, 0.29) is 18.1 Å². The average molecular weight is 252 g/mol. The van der Waals surface area contributed by atoms with Crippen LogP contribution in [0.4, 0.5) is 4.39 Å². The van der Waals surface area contributed by atoms with Gasteiger partial charge in [0.25, 0.3) is 0 Å². The summed E-state index contributed by atoms with van der Waals surface area (Å²) in [5.41, 5.74) is 6.19. The summed E-state index contributed by atoms with van der Waals surface area (Å²) in [6.07, 6.45) is 2.13. The fourth-order valence-corrected chi connectivity index (χ4v) is 1.84. The molecule has 0 saturated heterocycles. The molecule has 18 heavy (non-hydrogen) atoms. The molecule has 0 radical (unpaired) electrons. The van der Waals surface area contributed by atoms with Crippen molar-refractivity contribution in [3.63, 3.8) is 0 Å². The molecule has 1 amide bonds. The Kier molecular flexibility index (Phi) is 6.36. The van der Waals surface area contributed by atoms with E-state index in [1.807, 2.05) is 0 Å². The van der Waals surface area contributed by atoms with E-state index in [0.29, 0.717) is 24.6 Å². The van der Waals surface area contributed by atoms with Crippen LogP contribution in [0.2, 0.25) is 0 Å². The van der Waals surface area contributed by atoms with E-state index in [4.69, 9.17) is 5.73 Å². The zero-order valence-corrected chi connectivity index (χ0v) is 10.8. The molecule has 1 aromatic rings. The first kappa shape index (κ1) is 14.6. The first-order chi connectivity index (χ1) is 8.65. The van der Waals surface area contributed by atoms with E-state index in [9.17, 15) is 9.18 Å². The molecule has 3 nitrogen and oxygen atoms in total. The molecule has 4 heteroatoms. The van der Waals surface area contributed by atoms with Crippen molar-refractivity contribution in [3.05, 3.63) is 35.6 Å². The van der Waals surface area contributed by atoms with Crippen molar-refractivity contribution in [1.29, 1.82) is 0 Å². The molecule has 0 fully saturated rings. The lowest BCUT2D eigenvalue weighted by Gasteiger charge is -2.14. The van der Waals surface area contributed by atoms with Gasteiger partial charge in [-0.1, -0.05) is 25.5 Å². The van der Waals surface area contributed by atoms with Gasteiger partial charge in [0.2, 0.25) is 5.91 Å². The lowest BCUT2D eigenvalue weighted by molar-refractivity contribution is -0.120. The number of halogens is 1. The molecule has 0 spiro atoms. The molecule has 100 valence electrons. The summed E-state index contributed by atoms with van der Waals surface area (Å²) < 4.78 is 12.9. The highest BCUT2D eigenvalue weighted by molar-refractivity contribution is 5.78. The maximum atomic E-state index is 12.9. The molecule has 3 N–H and O–H groups in total. The van der Waals surface area contributed by atoms with Gasteiger partial charge in [-0.2, -0.15) is 0 Å². The van der Waals surface area contributed by atoms with E-state index in [1.165, 1.54) is 12.1 Å². The average Bonchev–Trinajstić information content (AvgIpc) is 2.34. The van der Waals surface area contributed by atoms with Gasteiger partial charge in [-0.3, -0.25) is 4.79 Å². The van der Waals surface area contributed by atoms with Crippen molar-refractivity contribution in [1.82, 2.24) is 5.32 Å². The molecule has 0 aliphatic carbocycles. The summed E-state index contributed by atoms with van der Waals surface area (Å²) in [5.74, 6) is 0.0393. The van der Waals surface area contributed by atoms with E-state index in [1.54, 1.807) is 12.1 Å². The number of rotatable bonds is 7. The number of carbonyl (C=O) groups excluding carboxylic acids is 1. The van der Waals surface area contributed by atoms with Crippen LogP contribution in [0.5, 0.6) is 0 Å². The fraction of sp³-hybridized carbons (Fsp3) is 0.500. The van der Waals surface area contributed by atoms with Crippen molar-refractivity contribution in [2.75, 3.05) is 13.1 Å². The molecule has 0 saturated carbocycles. The van der Waals surface area contributed by atoms with Gasteiger partial charge in [0.1, 0.15) is 5.82 Å². The topological polar surface area (TPSA) is 55.1 Å². The Bertz CT molecular complexity index is 382. The number of carbonyl (C=O) groups is 1. The van der Waals surface area contributed by atoms with Crippen LogP contribution in [0.25, 0.3) is 0 Å². The van der Waals surface area contributed by atoms with Crippen molar-refractivity contribution in [2.24, 2.45) is 11.7 Å². The third kappa shape index (κ3) is 5.27. The minimum atomic E-state index is -0.310. The molecule has 0 aromatic heterocycles. The predicted octanol–water partition coefficient (Wildman–Crippen LogP) is 1.86. The molecule has 0 aliphatic rings. The number of benzene rings is 1. The Labute approximate surface area is 108 Å². The number of hydrogen-bond donors (Lipinski definition) is 2. The van der Waals surface area contributed by atoms with Crippen molar-refractivity contribution in [2.45, 2.75) is 26.2 Å². The van der Waals surface area contributed by atoms with Crippen LogP contribution in [-0.4, -0.2) is 19.0 Å². The highest BCUT2D eigenvalue weighted by Gasteiger charge is 2.08. The second kappa shape index (κ2) is 7.82. The van der Waals surface area contributed by atoms with Crippen LogP contribution in [0, 0.1) is 11.7 Å². The van der Waals surface area contributed by atoms with Gasteiger partial charge < -0.3 is 11.1 Å². The van der Waals surface area contributed by atoms with Gasteiger partial charge in [-0.15, -0.1) is 0 Å². The summed E-state index contributed by atoms with van der Waals surface area (Å²) in [7, 11) is 0. The van der Waals surface area contributed by atoms with Crippen molar-refractivity contribution >= 4 is 5.91 Å². The van der Waals surface area contributed by atoms with E-state index >= 15 is 0 Å². The zero-order valence-electron chi connectivity index (χ0n) is 10.8. The largest absolute Gasteiger partial charge is 0.356 e. The SMILES string of the molecule is CCC(CCN)CNC(=O)Cc1cccc(F)c1. The molecule has 0 aliphatic heterocycles. The summed E-state index contributed by atoms with van der Waals surface area (Å²) in [6.45, 7) is 3.36.